The van der Waals surface area contributed by atoms with Gasteiger partial charge in [-0.05, 0) is 30.2 Å². The van der Waals surface area contributed by atoms with Crippen LogP contribution >= 0.6 is 0 Å². The lowest BCUT2D eigenvalue weighted by Gasteiger charge is -2.25. The van der Waals surface area contributed by atoms with Crippen LogP contribution in [0.2, 0.25) is 0 Å². The average molecular weight is 254 g/mol. The van der Waals surface area contributed by atoms with Crippen LogP contribution in [-0.2, 0) is 6.54 Å². The molecule has 0 fully saturated rings. The zero-order chi connectivity index (χ0) is 13.8. The van der Waals surface area contributed by atoms with Gasteiger partial charge in [0.1, 0.15) is 0 Å². The maximum Gasteiger partial charge on any atom is 0.0426 e. The molecule has 2 aromatic carbocycles. The fourth-order valence-electron chi connectivity index (χ4n) is 2.45. The van der Waals surface area contributed by atoms with Crippen LogP contribution in [0.5, 0.6) is 0 Å². The molecule has 0 aliphatic carbocycles. The maximum atomic E-state index is 2.30. The standard InChI is InChI=1S/C17H22N2/c1-14-16(18(2)3)11-8-12-17(14)19(4)13-15-9-6-5-7-10-15/h5-12H,13H2,1-4H3. The van der Waals surface area contributed by atoms with Crippen LogP contribution in [0.15, 0.2) is 48.5 Å². The van der Waals surface area contributed by atoms with Crippen molar-refractivity contribution in [2.45, 2.75) is 13.5 Å². The third kappa shape index (κ3) is 3.08. The molecule has 0 saturated heterocycles. The number of benzene rings is 2. The van der Waals surface area contributed by atoms with Crippen LogP contribution in [0.4, 0.5) is 11.4 Å². The normalized spacial score (nSPS) is 10.3. The van der Waals surface area contributed by atoms with Gasteiger partial charge >= 0.3 is 0 Å². The lowest BCUT2D eigenvalue weighted by atomic mass is 10.1. The van der Waals surface area contributed by atoms with Crippen molar-refractivity contribution in [3.8, 4) is 0 Å². The van der Waals surface area contributed by atoms with Crippen molar-refractivity contribution in [2.75, 3.05) is 30.9 Å². The highest BCUT2D eigenvalue weighted by Gasteiger charge is 2.09. The van der Waals surface area contributed by atoms with Crippen molar-refractivity contribution < 1.29 is 0 Å². The van der Waals surface area contributed by atoms with Gasteiger partial charge in [-0.1, -0.05) is 36.4 Å². The Bertz CT molecular complexity index is 532. The highest BCUT2D eigenvalue weighted by Crippen LogP contribution is 2.28. The zero-order valence-electron chi connectivity index (χ0n) is 12.2. The molecule has 0 radical (unpaired) electrons. The molecule has 100 valence electrons. The molecule has 0 aromatic heterocycles. The molecule has 0 aliphatic heterocycles. The predicted molar refractivity (Wildman–Crippen MR) is 84.1 cm³/mol. The second kappa shape index (κ2) is 5.79. The molecule has 0 spiro atoms. The lowest BCUT2D eigenvalue weighted by Crippen LogP contribution is -2.19. The topological polar surface area (TPSA) is 6.48 Å². The van der Waals surface area contributed by atoms with E-state index in [-0.39, 0.29) is 0 Å². The van der Waals surface area contributed by atoms with Crippen molar-refractivity contribution in [3.63, 3.8) is 0 Å². The van der Waals surface area contributed by atoms with Crippen LogP contribution in [0.3, 0.4) is 0 Å². The third-order valence-electron chi connectivity index (χ3n) is 3.43. The Morgan fingerprint density at radius 3 is 2.05 bits per heavy atom. The monoisotopic (exact) mass is 254 g/mol. The summed E-state index contributed by atoms with van der Waals surface area (Å²) in [5, 5.41) is 0. The summed E-state index contributed by atoms with van der Waals surface area (Å²) in [6.45, 7) is 3.12. The van der Waals surface area contributed by atoms with Crippen LogP contribution in [-0.4, -0.2) is 21.1 Å². The van der Waals surface area contributed by atoms with Gasteiger partial charge in [-0.15, -0.1) is 0 Å². The van der Waals surface area contributed by atoms with E-state index in [1.165, 1.54) is 22.5 Å². The van der Waals surface area contributed by atoms with Crippen molar-refractivity contribution in [3.05, 3.63) is 59.7 Å². The van der Waals surface area contributed by atoms with Gasteiger partial charge in [0, 0.05) is 39.1 Å². The number of anilines is 2. The van der Waals surface area contributed by atoms with Gasteiger partial charge in [0.25, 0.3) is 0 Å². The van der Waals surface area contributed by atoms with Gasteiger partial charge in [-0.25, -0.2) is 0 Å². The summed E-state index contributed by atoms with van der Waals surface area (Å²) in [7, 11) is 6.32. The molecule has 0 heterocycles. The Kier molecular flexibility index (Phi) is 4.10. The largest absolute Gasteiger partial charge is 0.377 e. The summed E-state index contributed by atoms with van der Waals surface area (Å²) in [6, 6.07) is 17.0. The first-order chi connectivity index (χ1) is 9.09. The van der Waals surface area contributed by atoms with E-state index in [0.29, 0.717) is 0 Å². The molecule has 19 heavy (non-hydrogen) atoms. The molecule has 0 saturated carbocycles. The lowest BCUT2D eigenvalue weighted by molar-refractivity contribution is 0.915. The van der Waals surface area contributed by atoms with Gasteiger partial charge < -0.3 is 9.80 Å². The van der Waals surface area contributed by atoms with E-state index < -0.39 is 0 Å². The molecule has 0 aliphatic rings. The first-order valence-corrected chi connectivity index (χ1v) is 6.61. The smallest absolute Gasteiger partial charge is 0.0426 e. The van der Waals surface area contributed by atoms with Gasteiger partial charge in [-0.3, -0.25) is 0 Å². The van der Waals surface area contributed by atoms with Gasteiger partial charge in [0.05, 0.1) is 0 Å². The first-order valence-electron chi connectivity index (χ1n) is 6.61. The number of hydrogen-bond acceptors (Lipinski definition) is 2. The fourth-order valence-corrected chi connectivity index (χ4v) is 2.45. The summed E-state index contributed by atoms with van der Waals surface area (Å²) in [5.41, 5.74) is 5.22. The average Bonchev–Trinajstić information content (AvgIpc) is 2.39. The van der Waals surface area contributed by atoms with E-state index >= 15 is 0 Å². The predicted octanol–water partition coefficient (Wildman–Crippen LogP) is 3.70. The van der Waals surface area contributed by atoms with Crippen molar-refractivity contribution >= 4 is 11.4 Å². The van der Waals surface area contributed by atoms with E-state index in [1.807, 2.05) is 0 Å². The Morgan fingerprint density at radius 2 is 1.42 bits per heavy atom. The van der Waals surface area contributed by atoms with Gasteiger partial charge in [0.2, 0.25) is 0 Å². The van der Waals surface area contributed by atoms with E-state index in [0.717, 1.165) is 6.54 Å². The minimum atomic E-state index is 0.929. The Hall–Kier alpha value is -1.96. The molecular weight excluding hydrogens is 232 g/mol. The Balaban J connectivity index is 2.24. The van der Waals surface area contributed by atoms with Crippen LogP contribution in [0, 0.1) is 6.92 Å². The number of rotatable bonds is 4. The summed E-state index contributed by atoms with van der Waals surface area (Å²) < 4.78 is 0. The quantitative estimate of drug-likeness (QED) is 0.821. The van der Waals surface area contributed by atoms with Crippen molar-refractivity contribution in [2.24, 2.45) is 0 Å². The summed E-state index contributed by atoms with van der Waals surface area (Å²) in [6.07, 6.45) is 0. The highest BCUT2D eigenvalue weighted by molar-refractivity contribution is 5.66. The van der Waals surface area contributed by atoms with E-state index in [1.54, 1.807) is 0 Å². The molecular formula is C17H22N2. The highest BCUT2D eigenvalue weighted by atomic mass is 15.1. The second-order valence-corrected chi connectivity index (χ2v) is 5.16. The minimum absolute atomic E-state index is 0.929. The van der Waals surface area contributed by atoms with Crippen molar-refractivity contribution in [1.29, 1.82) is 0 Å². The van der Waals surface area contributed by atoms with Gasteiger partial charge in [0.15, 0.2) is 0 Å². The third-order valence-corrected chi connectivity index (χ3v) is 3.43. The first kappa shape index (κ1) is 13.5. The molecule has 2 heteroatoms. The van der Waals surface area contributed by atoms with Crippen LogP contribution < -0.4 is 9.80 Å². The summed E-state index contributed by atoms with van der Waals surface area (Å²) in [4.78, 5) is 4.47. The molecule has 0 unspecified atom stereocenters. The Morgan fingerprint density at radius 1 is 0.789 bits per heavy atom. The minimum Gasteiger partial charge on any atom is -0.377 e. The maximum absolute atomic E-state index is 2.30. The van der Waals surface area contributed by atoms with Gasteiger partial charge in [-0.2, -0.15) is 0 Å². The molecule has 0 atom stereocenters. The van der Waals surface area contributed by atoms with Crippen LogP contribution in [0.1, 0.15) is 11.1 Å². The SMILES string of the molecule is Cc1c(N(C)C)cccc1N(C)Cc1ccccc1. The van der Waals surface area contributed by atoms with Crippen LogP contribution in [0.25, 0.3) is 0 Å². The summed E-state index contributed by atoms with van der Waals surface area (Å²) in [5.74, 6) is 0. The zero-order valence-corrected chi connectivity index (χ0v) is 12.2. The van der Waals surface area contributed by atoms with E-state index in [9.17, 15) is 0 Å². The second-order valence-electron chi connectivity index (χ2n) is 5.16. The molecule has 2 rings (SSSR count). The van der Waals surface area contributed by atoms with Crippen molar-refractivity contribution in [1.82, 2.24) is 0 Å². The Labute approximate surface area is 116 Å². The fraction of sp³-hybridized carbons (Fsp3) is 0.294. The molecule has 0 N–H and O–H groups in total. The number of nitrogens with zero attached hydrogens (tertiary/aromatic N) is 2. The molecule has 0 bridgehead atoms. The molecule has 2 nitrogen and oxygen atoms in total. The van der Waals surface area contributed by atoms with E-state index in [4.69, 9.17) is 0 Å². The number of hydrogen-bond donors (Lipinski definition) is 0. The summed E-state index contributed by atoms with van der Waals surface area (Å²) >= 11 is 0. The molecule has 2 aromatic rings. The molecule has 0 amide bonds. The van der Waals surface area contributed by atoms with E-state index in [2.05, 4.69) is 86.4 Å².